The standard InChI is InChI=1S/C3H9F5N3OP3/c1-3-12-13(4)10-15(7,8)11-14(5,6)9-2/h13H,3H2,1-2H3. The maximum atomic E-state index is 12.7. The van der Waals surface area contributed by atoms with E-state index in [1.807, 2.05) is 4.52 Å². The molecule has 0 rings (SSSR count). The molecule has 0 radical (unpaired) electrons. The van der Waals surface area contributed by atoms with Crippen LogP contribution in [0.25, 0.3) is 0 Å². The van der Waals surface area contributed by atoms with Crippen LogP contribution in [0.4, 0.5) is 21.0 Å². The van der Waals surface area contributed by atoms with Crippen LogP contribution in [0.5, 0.6) is 0 Å². The lowest BCUT2D eigenvalue weighted by atomic mass is 10.9. The summed E-state index contributed by atoms with van der Waals surface area (Å²) in [5.74, 6) is 0. The van der Waals surface area contributed by atoms with E-state index in [1.54, 1.807) is 0 Å². The van der Waals surface area contributed by atoms with Crippen LogP contribution in [-0.2, 0) is 4.52 Å². The van der Waals surface area contributed by atoms with Crippen molar-refractivity contribution in [3.8, 4) is 0 Å². The number of nitrogens with zero attached hydrogens (tertiary/aromatic N) is 3. The summed E-state index contributed by atoms with van der Waals surface area (Å²) < 4.78 is 73.3. The van der Waals surface area contributed by atoms with E-state index in [0.717, 1.165) is 0 Å². The van der Waals surface area contributed by atoms with Gasteiger partial charge in [-0.05, 0) is 6.92 Å². The van der Waals surface area contributed by atoms with Gasteiger partial charge in [-0.25, -0.2) is 4.74 Å². The first kappa shape index (κ1) is 15.3. The third-order valence-electron chi connectivity index (χ3n) is 0.918. The summed E-state index contributed by atoms with van der Waals surface area (Å²) in [7, 11) is -14.0. The van der Waals surface area contributed by atoms with Gasteiger partial charge >= 0.3 is 15.7 Å². The summed E-state index contributed by atoms with van der Waals surface area (Å²) in [6.07, 6.45) is 0. The molecule has 0 fully saturated rings. The maximum Gasteiger partial charge on any atom is 0.423 e. The molecule has 1 unspecified atom stereocenters. The second-order valence-electron chi connectivity index (χ2n) is 1.99. The Morgan fingerprint density at radius 2 is 1.73 bits per heavy atom. The summed E-state index contributed by atoms with van der Waals surface area (Å²) in [6, 6.07) is 0. The van der Waals surface area contributed by atoms with Gasteiger partial charge in [-0.15, -0.1) is 21.3 Å². The van der Waals surface area contributed by atoms with Crippen molar-refractivity contribution in [1.82, 2.24) is 0 Å². The minimum Gasteiger partial charge on any atom is -0.323 e. The van der Waals surface area contributed by atoms with Gasteiger partial charge in [-0.3, -0.25) is 0 Å². The highest BCUT2D eigenvalue weighted by Gasteiger charge is 2.26. The van der Waals surface area contributed by atoms with Crippen LogP contribution in [0.1, 0.15) is 6.92 Å². The first-order valence-corrected chi connectivity index (χ1v) is 7.72. The summed E-state index contributed by atoms with van der Waals surface area (Å²) in [5, 5.41) is 0. The fraction of sp³-hybridized carbons (Fsp3) is 1.00. The number of hydrogen-bond acceptors (Lipinski definition) is 2. The molecular formula is C3H9F5N3OP3. The Morgan fingerprint density at radius 3 is 2.13 bits per heavy atom. The predicted molar refractivity (Wildman–Crippen MR) is 52.5 cm³/mol. The Balaban J connectivity index is 5.08. The fourth-order valence-electron chi connectivity index (χ4n) is 0.432. The third-order valence-corrected chi connectivity index (χ3v) is 5.24. The van der Waals surface area contributed by atoms with Crippen LogP contribution in [0, 0.1) is 0 Å². The fourth-order valence-corrected chi connectivity index (χ4v) is 3.53. The molecule has 0 aromatic carbocycles. The van der Waals surface area contributed by atoms with Crippen LogP contribution in [0.3, 0.4) is 0 Å². The minimum absolute atomic E-state index is 0.155. The van der Waals surface area contributed by atoms with Gasteiger partial charge in [-0.1, -0.05) is 0 Å². The Labute approximate surface area is 84.6 Å². The highest BCUT2D eigenvalue weighted by molar-refractivity contribution is 7.68. The highest BCUT2D eigenvalue weighted by atomic mass is 31.3. The van der Waals surface area contributed by atoms with Crippen molar-refractivity contribution in [2.24, 2.45) is 13.8 Å². The van der Waals surface area contributed by atoms with Crippen molar-refractivity contribution in [1.29, 1.82) is 0 Å². The molecule has 1 atom stereocenters. The van der Waals surface area contributed by atoms with E-state index < -0.39 is 23.9 Å². The molecule has 0 aliphatic heterocycles. The van der Waals surface area contributed by atoms with E-state index in [9.17, 15) is 21.0 Å². The number of halogens is 5. The van der Waals surface area contributed by atoms with E-state index >= 15 is 0 Å². The molecule has 15 heavy (non-hydrogen) atoms. The largest absolute Gasteiger partial charge is 0.423 e. The van der Waals surface area contributed by atoms with Gasteiger partial charge in [0.15, 0.2) is 0 Å². The Morgan fingerprint density at radius 1 is 1.20 bits per heavy atom. The lowest BCUT2D eigenvalue weighted by molar-refractivity contribution is 0.363. The van der Waals surface area contributed by atoms with Crippen molar-refractivity contribution >= 4 is 23.9 Å². The Kier molecular flexibility index (Phi) is 6.26. The normalized spacial score (nSPS) is 15.1. The predicted octanol–water partition coefficient (Wildman–Crippen LogP) is 5.62. The van der Waals surface area contributed by atoms with E-state index in [2.05, 4.69) is 13.8 Å². The van der Waals surface area contributed by atoms with E-state index in [1.165, 1.54) is 6.92 Å². The van der Waals surface area contributed by atoms with Crippen molar-refractivity contribution in [2.45, 2.75) is 6.92 Å². The molecule has 0 amide bonds. The summed E-state index contributed by atoms with van der Waals surface area (Å²) >= 11 is 0. The molecule has 0 heterocycles. The van der Waals surface area contributed by atoms with Gasteiger partial charge in [0.05, 0.1) is 6.61 Å². The highest BCUT2D eigenvalue weighted by Crippen LogP contribution is 2.70. The van der Waals surface area contributed by atoms with Crippen molar-refractivity contribution < 1.29 is 25.5 Å². The molecule has 12 heteroatoms. The second kappa shape index (κ2) is 6.14. The van der Waals surface area contributed by atoms with Crippen LogP contribution >= 0.6 is 23.9 Å². The summed E-state index contributed by atoms with van der Waals surface area (Å²) in [6.45, 7) is 1.22. The molecule has 0 aliphatic carbocycles. The molecule has 92 valence electrons. The zero-order chi connectivity index (χ0) is 12.1. The average molecular weight is 291 g/mol. The summed E-state index contributed by atoms with van der Waals surface area (Å²) in [5.41, 5.74) is 0. The van der Waals surface area contributed by atoms with Gasteiger partial charge in [0, 0.05) is 7.05 Å². The SMILES string of the molecule is CCO/[PH](F)=N/P(F)(F)=NP(F)(F)=NC. The van der Waals surface area contributed by atoms with Gasteiger partial charge < -0.3 is 4.52 Å². The number of rotatable bonds is 4. The first-order chi connectivity index (χ1) is 6.72. The monoisotopic (exact) mass is 291 g/mol. The molecular weight excluding hydrogens is 282 g/mol. The Hall–Kier alpha value is 0.300. The van der Waals surface area contributed by atoms with Gasteiger partial charge in [-0.2, -0.15) is 8.71 Å². The quantitative estimate of drug-likeness (QED) is 0.489. The molecule has 0 bridgehead atoms. The van der Waals surface area contributed by atoms with E-state index in [-0.39, 0.29) is 6.61 Å². The van der Waals surface area contributed by atoms with Crippen LogP contribution < -0.4 is 0 Å². The maximum absolute atomic E-state index is 12.7. The van der Waals surface area contributed by atoms with Gasteiger partial charge in [0.2, 0.25) is 0 Å². The molecule has 0 aromatic heterocycles. The van der Waals surface area contributed by atoms with Crippen LogP contribution in [0.15, 0.2) is 13.8 Å². The van der Waals surface area contributed by atoms with Crippen molar-refractivity contribution in [3.05, 3.63) is 0 Å². The van der Waals surface area contributed by atoms with Gasteiger partial charge in [0.1, 0.15) is 0 Å². The van der Waals surface area contributed by atoms with Crippen LogP contribution in [-0.4, -0.2) is 13.7 Å². The third kappa shape index (κ3) is 7.23. The second-order valence-corrected chi connectivity index (χ2v) is 6.52. The zero-order valence-electron chi connectivity index (χ0n) is 7.74. The molecule has 0 N–H and O–H groups in total. The number of hydrogen-bond donors (Lipinski definition) is 0. The van der Waals surface area contributed by atoms with Gasteiger partial charge in [0.25, 0.3) is 8.25 Å². The van der Waals surface area contributed by atoms with Crippen molar-refractivity contribution in [2.75, 3.05) is 13.7 Å². The lowest BCUT2D eigenvalue weighted by Crippen LogP contribution is -1.71. The Bertz CT molecular complexity index is 345. The topological polar surface area (TPSA) is 46.3 Å². The van der Waals surface area contributed by atoms with E-state index in [0.29, 0.717) is 7.05 Å². The first-order valence-electron chi connectivity index (χ1n) is 3.54. The molecule has 0 aromatic rings. The summed E-state index contributed by atoms with van der Waals surface area (Å²) in [4.78, 5) is 0. The smallest absolute Gasteiger partial charge is 0.323 e. The molecule has 0 aliphatic rings. The lowest BCUT2D eigenvalue weighted by Gasteiger charge is -2.02. The van der Waals surface area contributed by atoms with E-state index in [4.69, 9.17) is 0 Å². The molecule has 4 nitrogen and oxygen atoms in total. The van der Waals surface area contributed by atoms with Crippen molar-refractivity contribution in [3.63, 3.8) is 0 Å². The molecule has 0 spiro atoms. The molecule has 0 saturated carbocycles. The minimum atomic E-state index is -5.67. The average Bonchev–Trinajstić information content (AvgIpc) is 2.01. The zero-order valence-corrected chi connectivity index (χ0v) is 10.5. The molecule has 0 saturated heterocycles. The van der Waals surface area contributed by atoms with Crippen LogP contribution in [0.2, 0.25) is 0 Å².